The van der Waals surface area contributed by atoms with Crippen molar-refractivity contribution in [2.75, 3.05) is 6.61 Å². The van der Waals surface area contributed by atoms with Gasteiger partial charge in [-0.25, -0.2) is 10.4 Å². The number of nitrogens with zero attached hydrogens (tertiary/aromatic N) is 4. The Morgan fingerprint density at radius 2 is 1.78 bits per heavy atom. The number of hydrogen-bond donors (Lipinski definition) is 1. The minimum atomic E-state index is -0.359. The van der Waals surface area contributed by atoms with Crippen LogP contribution in [0.15, 0.2) is 89.3 Å². The first-order valence-corrected chi connectivity index (χ1v) is 8.21. The lowest BCUT2D eigenvalue weighted by atomic mass is 10.3. The number of aromatic nitrogens is 2. The van der Waals surface area contributed by atoms with Gasteiger partial charge in [-0.2, -0.15) is 5.10 Å². The summed E-state index contributed by atoms with van der Waals surface area (Å²) in [6.07, 6.45) is 6.31. The third kappa shape index (κ3) is 5.86. The minimum absolute atomic E-state index is 0.0873. The summed E-state index contributed by atoms with van der Waals surface area (Å²) in [5.74, 6) is 0.619. The lowest BCUT2D eigenvalue weighted by Crippen LogP contribution is -2.21. The van der Waals surface area contributed by atoms with Crippen LogP contribution in [0.1, 0.15) is 16.1 Å². The molecule has 134 valence electrons. The fourth-order valence-corrected chi connectivity index (χ4v) is 2.04. The molecule has 0 saturated carbocycles. The Morgan fingerprint density at radius 1 is 1.00 bits per heavy atom. The monoisotopic (exact) mass is 359 g/mol. The zero-order chi connectivity index (χ0) is 18.7. The molecule has 1 aromatic carbocycles. The fraction of sp³-hybridized carbons (Fsp3) is 0.0500. The molecule has 0 fully saturated rings. The van der Waals surface area contributed by atoms with Crippen LogP contribution in [-0.4, -0.2) is 34.5 Å². The van der Waals surface area contributed by atoms with E-state index in [1.807, 2.05) is 48.5 Å². The number of carbonyl (C=O) groups is 1. The zero-order valence-electron chi connectivity index (χ0n) is 14.4. The molecular weight excluding hydrogens is 342 g/mol. The molecule has 0 radical (unpaired) electrons. The van der Waals surface area contributed by atoms with Crippen molar-refractivity contribution >= 4 is 18.0 Å². The largest absolute Gasteiger partial charge is 0.486 e. The molecule has 0 aliphatic carbocycles. The highest BCUT2D eigenvalue weighted by Gasteiger charge is 2.05. The van der Waals surface area contributed by atoms with E-state index in [1.54, 1.807) is 24.5 Å². The molecule has 2 heterocycles. The van der Waals surface area contributed by atoms with Crippen molar-refractivity contribution in [1.82, 2.24) is 15.4 Å². The van der Waals surface area contributed by atoms with E-state index >= 15 is 0 Å². The number of para-hydroxylation sites is 1. The number of benzene rings is 1. The lowest BCUT2D eigenvalue weighted by molar-refractivity contribution is 0.0954. The second kappa shape index (κ2) is 9.57. The third-order valence-corrected chi connectivity index (χ3v) is 3.37. The van der Waals surface area contributed by atoms with Gasteiger partial charge >= 0.3 is 0 Å². The van der Waals surface area contributed by atoms with Gasteiger partial charge in [0.1, 0.15) is 12.4 Å². The van der Waals surface area contributed by atoms with E-state index in [0.717, 1.165) is 0 Å². The van der Waals surface area contributed by atoms with Gasteiger partial charge in [0.15, 0.2) is 5.84 Å². The van der Waals surface area contributed by atoms with E-state index in [-0.39, 0.29) is 12.5 Å². The highest BCUT2D eigenvalue weighted by molar-refractivity contribution is 5.97. The first kappa shape index (κ1) is 17.9. The first-order valence-electron chi connectivity index (χ1n) is 8.21. The number of amidine groups is 1. The van der Waals surface area contributed by atoms with Crippen molar-refractivity contribution in [1.29, 1.82) is 0 Å². The van der Waals surface area contributed by atoms with E-state index in [0.29, 0.717) is 22.8 Å². The van der Waals surface area contributed by atoms with E-state index in [9.17, 15) is 4.79 Å². The molecule has 2 aromatic heterocycles. The van der Waals surface area contributed by atoms with Crippen molar-refractivity contribution in [2.24, 2.45) is 10.1 Å². The number of aliphatic imine (C=N–C) groups is 1. The lowest BCUT2D eigenvalue weighted by Gasteiger charge is -2.06. The van der Waals surface area contributed by atoms with Gasteiger partial charge in [-0.3, -0.25) is 14.8 Å². The van der Waals surface area contributed by atoms with Crippen LogP contribution in [0.3, 0.4) is 0 Å². The smallest absolute Gasteiger partial charge is 0.271 e. The van der Waals surface area contributed by atoms with Crippen LogP contribution < -0.4 is 10.2 Å². The highest BCUT2D eigenvalue weighted by Crippen LogP contribution is 2.08. The van der Waals surface area contributed by atoms with Gasteiger partial charge in [0.25, 0.3) is 5.91 Å². The predicted molar refractivity (Wildman–Crippen MR) is 103 cm³/mol. The Balaban J connectivity index is 1.71. The molecule has 0 aliphatic heterocycles. The fourth-order valence-electron chi connectivity index (χ4n) is 2.04. The molecule has 3 aromatic rings. The van der Waals surface area contributed by atoms with Gasteiger partial charge in [0.05, 0.1) is 11.9 Å². The molecule has 0 saturated heterocycles. The molecule has 0 bridgehead atoms. The van der Waals surface area contributed by atoms with Gasteiger partial charge < -0.3 is 4.74 Å². The summed E-state index contributed by atoms with van der Waals surface area (Å²) < 4.78 is 5.67. The summed E-state index contributed by atoms with van der Waals surface area (Å²) in [6.45, 7) is 0.0873. The van der Waals surface area contributed by atoms with Crippen molar-refractivity contribution < 1.29 is 9.53 Å². The maximum Gasteiger partial charge on any atom is 0.271 e. The number of amides is 1. The van der Waals surface area contributed by atoms with E-state index in [2.05, 4.69) is 25.5 Å². The molecule has 0 spiro atoms. The second-order valence-corrected chi connectivity index (χ2v) is 5.32. The Hall–Kier alpha value is -3.87. The Morgan fingerprint density at radius 3 is 2.52 bits per heavy atom. The Labute approximate surface area is 156 Å². The predicted octanol–water partition coefficient (Wildman–Crippen LogP) is 2.72. The van der Waals surface area contributed by atoms with Crippen molar-refractivity contribution in [3.63, 3.8) is 0 Å². The number of rotatable bonds is 6. The number of nitrogens with one attached hydrogen (secondary N) is 1. The maximum absolute atomic E-state index is 12.1. The van der Waals surface area contributed by atoms with Crippen LogP contribution in [0.25, 0.3) is 0 Å². The van der Waals surface area contributed by atoms with E-state index < -0.39 is 0 Å². The number of hydrogen-bond acceptors (Lipinski definition) is 5. The van der Waals surface area contributed by atoms with Crippen LogP contribution in [0.5, 0.6) is 5.75 Å². The van der Waals surface area contributed by atoms with Gasteiger partial charge in [-0.1, -0.05) is 24.3 Å². The molecular formula is C20H17N5O2. The van der Waals surface area contributed by atoms with Crippen LogP contribution >= 0.6 is 0 Å². The number of hydrazone groups is 1. The average Bonchev–Trinajstić information content (AvgIpc) is 2.75. The van der Waals surface area contributed by atoms with Gasteiger partial charge in [-0.05, 0) is 36.4 Å². The van der Waals surface area contributed by atoms with Crippen molar-refractivity contribution in [3.05, 3.63) is 90.5 Å². The minimum Gasteiger partial charge on any atom is -0.486 e. The molecule has 7 heteroatoms. The summed E-state index contributed by atoms with van der Waals surface area (Å²) in [5, 5.41) is 4.08. The van der Waals surface area contributed by atoms with Crippen LogP contribution in [0.2, 0.25) is 0 Å². The molecule has 3 rings (SSSR count). The molecule has 0 atom stereocenters. The molecule has 1 N–H and O–H groups in total. The van der Waals surface area contributed by atoms with Crippen LogP contribution in [-0.2, 0) is 0 Å². The molecule has 0 unspecified atom stereocenters. The summed E-state index contributed by atoms with van der Waals surface area (Å²) in [5.41, 5.74) is 3.60. The van der Waals surface area contributed by atoms with Gasteiger partial charge in [-0.15, -0.1) is 0 Å². The standard InChI is InChI=1S/C20H17N5O2/c26-20(16-9-12-21-13-10-16)25-24-19(15-27-18-7-2-1-3-8-18)23-14-17-6-4-5-11-22-17/h1-14H,15H2,(H,25,26)/b23-14?,24-19+. The second-order valence-electron chi connectivity index (χ2n) is 5.32. The van der Waals surface area contributed by atoms with Gasteiger partial charge in [0, 0.05) is 24.2 Å². The van der Waals surface area contributed by atoms with Crippen molar-refractivity contribution in [2.45, 2.75) is 0 Å². The number of carbonyl (C=O) groups excluding carboxylic acids is 1. The van der Waals surface area contributed by atoms with Crippen molar-refractivity contribution in [3.8, 4) is 5.75 Å². The summed E-state index contributed by atoms with van der Waals surface area (Å²) in [4.78, 5) is 24.5. The van der Waals surface area contributed by atoms with E-state index in [1.165, 1.54) is 12.4 Å². The number of pyridine rings is 2. The van der Waals surface area contributed by atoms with E-state index in [4.69, 9.17) is 4.74 Å². The Kier molecular flexibility index (Phi) is 6.36. The molecule has 0 aliphatic rings. The normalized spacial score (nSPS) is 11.3. The Bertz CT molecular complexity index is 913. The van der Waals surface area contributed by atoms with Crippen LogP contribution in [0.4, 0.5) is 0 Å². The number of ether oxygens (including phenoxy) is 1. The average molecular weight is 359 g/mol. The maximum atomic E-state index is 12.1. The first-order chi connectivity index (χ1) is 13.3. The van der Waals surface area contributed by atoms with Crippen LogP contribution in [0, 0.1) is 0 Å². The molecule has 1 amide bonds. The zero-order valence-corrected chi connectivity index (χ0v) is 14.4. The summed E-state index contributed by atoms with van der Waals surface area (Å²) in [6, 6.07) is 18.0. The SMILES string of the molecule is O=C(N/N=C(\COc1ccccc1)N=Cc1ccccn1)c1ccncc1. The summed E-state index contributed by atoms with van der Waals surface area (Å²) in [7, 11) is 0. The molecule has 7 nitrogen and oxygen atoms in total. The summed E-state index contributed by atoms with van der Waals surface area (Å²) >= 11 is 0. The third-order valence-electron chi connectivity index (χ3n) is 3.37. The topological polar surface area (TPSA) is 88.8 Å². The quantitative estimate of drug-likeness (QED) is 0.416. The molecule has 27 heavy (non-hydrogen) atoms. The van der Waals surface area contributed by atoms with Gasteiger partial charge in [0.2, 0.25) is 0 Å². The highest BCUT2D eigenvalue weighted by atomic mass is 16.5.